The van der Waals surface area contributed by atoms with Gasteiger partial charge >= 0.3 is 0 Å². The third-order valence-electron chi connectivity index (χ3n) is 1.35. The van der Waals surface area contributed by atoms with Crippen LogP contribution in [0.2, 0.25) is 0 Å². The maximum Gasteiger partial charge on any atom is 0.120 e. The van der Waals surface area contributed by atoms with Crippen LogP contribution in [0.1, 0.15) is 25.1 Å². The van der Waals surface area contributed by atoms with Crippen LogP contribution < -0.4 is 5.73 Å². The van der Waals surface area contributed by atoms with Crippen LogP contribution in [0.5, 0.6) is 0 Å². The minimum absolute atomic E-state index is 0. The molecule has 1 rings (SSSR count). The van der Waals surface area contributed by atoms with Gasteiger partial charge in [0.2, 0.25) is 0 Å². The lowest BCUT2D eigenvalue weighted by Gasteiger charge is -2.01. The minimum atomic E-state index is 0. The normalized spacial score (nSPS) is 12.2. The van der Waals surface area contributed by atoms with Crippen molar-refractivity contribution in [1.82, 2.24) is 0 Å². The van der Waals surface area contributed by atoms with Crippen molar-refractivity contribution in [3.63, 3.8) is 0 Å². The highest BCUT2D eigenvalue weighted by Crippen LogP contribution is 2.12. The molecule has 1 aromatic heterocycles. The minimum Gasteiger partial charge on any atom is -0.468 e. The predicted molar refractivity (Wildman–Crippen MR) is 43.2 cm³/mol. The van der Waals surface area contributed by atoms with Crippen molar-refractivity contribution < 1.29 is 4.42 Å². The van der Waals surface area contributed by atoms with Gasteiger partial charge in [-0.1, -0.05) is 6.92 Å². The standard InChI is InChI=1S/C7H11NO.ClH/c1-2-6(8)7-4-3-5-9-7;/h3-6H,2,8H2,1H3;1H/t6-;/m0./s1. The molecule has 0 saturated carbocycles. The molecule has 58 valence electrons. The summed E-state index contributed by atoms with van der Waals surface area (Å²) < 4.78 is 5.06. The Morgan fingerprint density at radius 1 is 1.70 bits per heavy atom. The summed E-state index contributed by atoms with van der Waals surface area (Å²) in [6.07, 6.45) is 2.57. The summed E-state index contributed by atoms with van der Waals surface area (Å²) in [4.78, 5) is 0. The molecule has 2 N–H and O–H groups in total. The highest BCUT2D eigenvalue weighted by atomic mass is 35.5. The molecule has 0 aliphatic heterocycles. The quantitative estimate of drug-likeness (QED) is 0.722. The van der Waals surface area contributed by atoms with Crippen molar-refractivity contribution in [3.05, 3.63) is 24.2 Å². The van der Waals surface area contributed by atoms with E-state index in [1.54, 1.807) is 6.26 Å². The lowest BCUT2D eigenvalue weighted by atomic mass is 10.2. The molecular formula is C7H12ClNO. The maximum absolute atomic E-state index is 5.64. The smallest absolute Gasteiger partial charge is 0.120 e. The summed E-state index contributed by atoms with van der Waals surface area (Å²) in [5.74, 6) is 0.873. The number of hydrogen-bond acceptors (Lipinski definition) is 2. The molecule has 0 amide bonds. The van der Waals surface area contributed by atoms with Crippen LogP contribution in [0.25, 0.3) is 0 Å². The Bertz CT molecular complexity index is 162. The number of rotatable bonds is 2. The molecule has 0 bridgehead atoms. The number of furan rings is 1. The van der Waals surface area contributed by atoms with Gasteiger partial charge in [-0.15, -0.1) is 12.4 Å². The van der Waals surface area contributed by atoms with Crippen molar-refractivity contribution in [1.29, 1.82) is 0 Å². The Labute approximate surface area is 66.8 Å². The third-order valence-corrected chi connectivity index (χ3v) is 1.35. The Kier molecular flexibility index (Phi) is 4.16. The Balaban J connectivity index is 0.000000810. The van der Waals surface area contributed by atoms with E-state index in [0.717, 1.165) is 12.2 Å². The van der Waals surface area contributed by atoms with E-state index in [1.807, 2.05) is 19.1 Å². The van der Waals surface area contributed by atoms with Gasteiger partial charge in [0.05, 0.1) is 12.3 Å². The first-order valence-electron chi connectivity index (χ1n) is 3.13. The lowest BCUT2D eigenvalue weighted by Crippen LogP contribution is -2.06. The fourth-order valence-electron chi connectivity index (χ4n) is 0.703. The largest absolute Gasteiger partial charge is 0.468 e. The van der Waals surface area contributed by atoms with Crippen LogP contribution >= 0.6 is 12.4 Å². The number of halogens is 1. The predicted octanol–water partition coefficient (Wildman–Crippen LogP) is 2.11. The zero-order valence-electron chi connectivity index (χ0n) is 5.91. The maximum atomic E-state index is 5.64. The fourth-order valence-corrected chi connectivity index (χ4v) is 0.703. The molecule has 2 nitrogen and oxygen atoms in total. The monoisotopic (exact) mass is 161 g/mol. The SMILES string of the molecule is CC[C@H](N)c1ccco1.Cl. The van der Waals surface area contributed by atoms with Gasteiger partial charge in [-0.05, 0) is 18.6 Å². The molecule has 0 fully saturated rings. The van der Waals surface area contributed by atoms with Gasteiger partial charge in [0.15, 0.2) is 0 Å². The number of nitrogens with two attached hydrogens (primary N) is 1. The molecule has 0 saturated heterocycles. The molecule has 0 aromatic carbocycles. The lowest BCUT2D eigenvalue weighted by molar-refractivity contribution is 0.460. The molecule has 0 aliphatic rings. The van der Waals surface area contributed by atoms with Crippen molar-refractivity contribution >= 4 is 12.4 Å². The molecule has 10 heavy (non-hydrogen) atoms. The Hall–Kier alpha value is -0.470. The molecule has 0 spiro atoms. The van der Waals surface area contributed by atoms with Crippen LogP contribution in [0.3, 0.4) is 0 Å². The van der Waals surface area contributed by atoms with Gasteiger partial charge in [-0.2, -0.15) is 0 Å². The molecule has 1 aromatic rings. The zero-order valence-corrected chi connectivity index (χ0v) is 6.73. The second kappa shape index (κ2) is 4.36. The summed E-state index contributed by atoms with van der Waals surface area (Å²) in [7, 11) is 0. The van der Waals surface area contributed by atoms with Gasteiger partial charge in [0.25, 0.3) is 0 Å². The van der Waals surface area contributed by atoms with Crippen LogP contribution in [-0.4, -0.2) is 0 Å². The van der Waals surface area contributed by atoms with E-state index in [4.69, 9.17) is 10.2 Å². The molecular weight excluding hydrogens is 150 g/mol. The van der Waals surface area contributed by atoms with Gasteiger partial charge in [0.1, 0.15) is 5.76 Å². The first-order valence-corrected chi connectivity index (χ1v) is 3.13. The second-order valence-electron chi connectivity index (χ2n) is 2.03. The van der Waals surface area contributed by atoms with Crippen LogP contribution in [0.15, 0.2) is 22.8 Å². The van der Waals surface area contributed by atoms with Crippen LogP contribution in [-0.2, 0) is 0 Å². The van der Waals surface area contributed by atoms with Crippen LogP contribution in [0, 0.1) is 0 Å². The first kappa shape index (κ1) is 9.53. The van der Waals surface area contributed by atoms with Gasteiger partial charge in [-0.3, -0.25) is 0 Å². The third kappa shape index (κ3) is 2.05. The molecule has 0 aliphatic carbocycles. The van der Waals surface area contributed by atoms with Crippen LogP contribution in [0.4, 0.5) is 0 Å². The van der Waals surface area contributed by atoms with E-state index in [2.05, 4.69) is 0 Å². The van der Waals surface area contributed by atoms with E-state index in [9.17, 15) is 0 Å². The molecule has 0 unspecified atom stereocenters. The van der Waals surface area contributed by atoms with E-state index >= 15 is 0 Å². The van der Waals surface area contributed by atoms with E-state index < -0.39 is 0 Å². The van der Waals surface area contributed by atoms with E-state index in [1.165, 1.54) is 0 Å². The second-order valence-corrected chi connectivity index (χ2v) is 2.03. The first-order chi connectivity index (χ1) is 4.34. The fraction of sp³-hybridized carbons (Fsp3) is 0.429. The van der Waals surface area contributed by atoms with Crippen molar-refractivity contribution in [3.8, 4) is 0 Å². The van der Waals surface area contributed by atoms with Gasteiger partial charge < -0.3 is 10.2 Å². The summed E-state index contributed by atoms with van der Waals surface area (Å²) in [6, 6.07) is 3.82. The molecule has 1 atom stereocenters. The summed E-state index contributed by atoms with van der Waals surface area (Å²) >= 11 is 0. The van der Waals surface area contributed by atoms with Crippen molar-refractivity contribution in [2.24, 2.45) is 5.73 Å². The topological polar surface area (TPSA) is 39.2 Å². The van der Waals surface area contributed by atoms with Crippen molar-refractivity contribution in [2.45, 2.75) is 19.4 Å². The van der Waals surface area contributed by atoms with Gasteiger partial charge in [0, 0.05) is 0 Å². The van der Waals surface area contributed by atoms with Gasteiger partial charge in [-0.25, -0.2) is 0 Å². The van der Waals surface area contributed by atoms with E-state index in [0.29, 0.717) is 0 Å². The summed E-state index contributed by atoms with van der Waals surface area (Å²) in [5.41, 5.74) is 5.64. The molecule has 3 heteroatoms. The van der Waals surface area contributed by atoms with Crippen molar-refractivity contribution in [2.75, 3.05) is 0 Å². The molecule has 0 radical (unpaired) electrons. The average molecular weight is 162 g/mol. The summed E-state index contributed by atoms with van der Waals surface area (Å²) in [5, 5.41) is 0. The summed E-state index contributed by atoms with van der Waals surface area (Å²) in [6.45, 7) is 2.03. The number of hydrogen-bond donors (Lipinski definition) is 1. The zero-order chi connectivity index (χ0) is 6.69. The van der Waals surface area contributed by atoms with E-state index in [-0.39, 0.29) is 18.4 Å². The Morgan fingerprint density at radius 2 is 2.40 bits per heavy atom. The Morgan fingerprint density at radius 3 is 2.80 bits per heavy atom. The highest BCUT2D eigenvalue weighted by Gasteiger charge is 2.03. The average Bonchev–Trinajstić information content (AvgIpc) is 2.37. The molecule has 1 heterocycles. The highest BCUT2D eigenvalue weighted by molar-refractivity contribution is 5.85.